The van der Waals surface area contributed by atoms with E-state index in [1.807, 2.05) is 19.9 Å². The summed E-state index contributed by atoms with van der Waals surface area (Å²) in [6.07, 6.45) is -0.256. The number of benzene rings is 2. The Morgan fingerprint density at radius 2 is 1.84 bits per heavy atom. The Kier molecular flexibility index (Phi) is 10.4. The fourth-order valence-electron chi connectivity index (χ4n) is 4.66. The number of thiocarbonyl (C=S) groups is 1. The Bertz CT molecular complexity index is 1590. The molecule has 0 spiro atoms. The number of rotatable bonds is 11. The number of methoxy groups -OCH3 is 1. The fourth-order valence-corrected chi connectivity index (χ4v) is 4.95. The predicted molar refractivity (Wildman–Crippen MR) is 167 cm³/mol. The molecule has 5 N–H and O–H groups in total. The molecule has 0 saturated carbocycles. The summed E-state index contributed by atoms with van der Waals surface area (Å²) >= 11 is 5.24. The molecule has 0 unspecified atom stereocenters. The zero-order valence-electron chi connectivity index (χ0n) is 25.3. The van der Waals surface area contributed by atoms with Gasteiger partial charge in [-0.2, -0.15) is 5.10 Å². The van der Waals surface area contributed by atoms with Crippen LogP contribution in [0.4, 0.5) is 10.5 Å². The van der Waals surface area contributed by atoms with E-state index >= 15 is 0 Å². The van der Waals surface area contributed by atoms with Crippen molar-refractivity contribution in [3.8, 4) is 11.5 Å². The number of aliphatic hydroxyl groups is 1. The van der Waals surface area contributed by atoms with Crippen molar-refractivity contribution in [3.63, 3.8) is 0 Å². The van der Waals surface area contributed by atoms with E-state index < -0.39 is 42.0 Å². The van der Waals surface area contributed by atoms with Gasteiger partial charge >= 0.3 is 12.0 Å². The molecule has 238 valence electrons. The molecule has 0 radical (unpaired) electrons. The number of hydrogen-bond acceptors (Lipinski definition) is 11. The van der Waals surface area contributed by atoms with E-state index in [0.29, 0.717) is 22.7 Å². The summed E-state index contributed by atoms with van der Waals surface area (Å²) in [6, 6.07) is 8.93. The molecule has 45 heavy (non-hydrogen) atoms. The highest BCUT2D eigenvalue weighted by molar-refractivity contribution is 7.80. The zero-order valence-corrected chi connectivity index (χ0v) is 26.1. The maximum absolute atomic E-state index is 13.2. The first-order valence-corrected chi connectivity index (χ1v) is 14.3. The standard InChI is InChI=1S/C30H34N6O8S/c1-6-43-22-12-18(25-24(28(40)42-5)17(4)32-29(41)33-25)8-10-21(22)44-14-23(37)35-31-13-20-26(38)34-30(45)36(27(20)39)19-9-7-15(2)16(3)11-19/h7-13,20,23,25,35,37H,6,14H2,1-5H3,(H2,32,33,41)(H,34,38,45)/b31-13+/t20-,23-,25-/m0/s1. The summed E-state index contributed by atoms with van der Waals surface area (Å²) in [5.41, 5.74) is 6.06. The first-order valence-electron chi connectivity index (χ1n) is 13.9. The molecule has 2 aliphatic heterocycles. The van der Waals surface area contributed by atoms with Crippen LogP contribution in [-0.4, -0.2) is 66.8 Å². The minimum Gasteiger partial charge on any atom is -0.490 e. The Balaban J connectivity index is 1.42. The lowest BCUT2D eigenvalue weighted by Crippen LogP contribution is -2.58. The number of carbonyl (C=O) groups is 4. The molecule has 0 aromatic heterocycles. The second-order valence-corrected chi connectivity index (χ2v) is 10.5. The monoisotopic (exact) mass is 638 g/mol. The summed E-state index contributed by atoms with van der Waals surface area (Å²) in [7, 11) is 1.25. The van der Waals surface area contributed by atoms with Crippen molar-refractivity contribution in [3.05, 3.63) is 64.4 Å². The number of nitrogens with one attached hydrogen (secondary N) is 4. The van der Waals surface area contributed by atoms with Gasteiger partial charge in [0, 0.05) is 11.9 Å². The van der Waals surface area contributed by atoms with Gasteiger partial charge in [0.1, 0.15) is 6.61 Å². The smallest absolute Gasteiger partial charge is 0.337 e. The first kappa shape index (κ1) is 32.9. The van der Waals surface area contributed by atoms with Gasteiger partial charge in [-0.3, -0.25) is 19.9 Å². The molecular weight excluding hydrogens is 604 g/mol. The van der Waals surface area contributed by atoms with Crippen molar-refractivity contribution in [1.82, 2.24) is 21.4 Å². The quantitative estimate of drug-likeness (QED) is 0.0609. The number of nitrogens with zero attached hydrogens (tertiary/aromatic N) is 2. The Morgan fingerprint density at radius 1 is 1.09 bits per heavy atom. The molecule has 0 aliphatic carbocycles. The zero-order chi connectivity index (χ0) is 32.8. The summed E-state index contributed by atoms with van der Waals surface area (Å²) in [5.74, 6) is -2.56. The van der Waals surface area contributed by atoms with Crippen molar-refractivity contribution < 1.29 is 38.5 Å². The van der Waals surface area contributed by atoms with Crippen molar-refractivity contribution in [2.45, 2.75) is 40.0 Å². The lowest BCUT2D eigenvalue weighted by Gasteiger charge is -2.31. The van der Waals surface area contributed by atoms with E-state index in [4.69, 9.17) is 26.4 Å². The summed E-state index contributed by atoms with van der Waals surface area (Å²) < 4.78 is 16.4. The van der Waals surface area contributed by atoms with Gasteiger partial charge in [-0.1, -0.05) is 12.1 Å². The van der Waals surface area contributed by atoms with E-state index in [1.54, 1.807) is 44.2 Å². The van der Waals surface area contributed by atoms with Crippen LogP contribution in [0.2, 0.25) is 0 Å². The van der Waals surface area contributed by atoms with Crippen LogP contribution >= 0.6 is 12.2 Å². The van der Waals surface area contributed by atoms with Crippen molar-refractivity contribution in [1.29, 1.82) is 0 Å². The first-order chi connectivity index (χ1) is 21.4. The molecule has 15 heteroatoms. The van der Waals surface area contributed by atoms with E-state index in [1.165, 1.54) is 12.0 Å². The minimum atomic E-state index is -1.34. The maximum atomic E-state index is 13.2. The summed E-state index contributed by atoms with van der Waals surface area (Å²) in [4.78, 5) is 51.5. The van der Waals surface area contributed by atoms with Crippen molar-refractivity contribution in [2.75, 3.05) is 25.2 Å². The average Bonchev–Trinajstić information content (AvgIpc) is 2.99. The molecule has 14 nitrogen and oxygen atoms in total. The molecule has 2 aliphatic rings. The number of aryl methyl sites for hydroxylation is 2. The van der Waals surface area contributed by atoms with Gasteiger partial charge in [0.15, 0.2) is 28.8 Å². The number of allylic oxidation sites excluding steroid dienone is 1. The van der Waals surface area contributed by atoms with Crippen molar-refractivity contribution >= 4 is 53.0 Å². The van der Waals surface area contributed by atoms with Crippen LogP contribution in [0, 0.1) is 19.8 Å². The van der Waals surface area contributed by atoms with Crippen LogP contribution < -0.4 is 35.7 Å². The molecule has 3 atom stereocenters. The lowest BCUT2D eigenvalue weighted by atomic mass is 9.95. The molecule has 0 bridgehead atoms. The number of hydrogen-bond donors (Lipinski definition) is 5. The normalized spacial score (nSPS) is 19.1. The fraction of sp³-hybridized carbons (Fsp3) is 0.333. The lowest BCUT2D eigenvalue weighted by molar-refractivity contribution is -0.136. The molecular formula is C30H34N6O8S. The molecule has 2 heterocycles. The van der Waals surface area contributed by atoms with Crippen LogP contribution in [0.15, 0.2) is 52.8 Å². The second-order valence-electron chi connectivity index (χ2n) is 10.1. The third kappa shape index (κ3) is 7.38. The highest BCUT2D eigenvalue weighted by Crippen LogP contribution is 2.35. The van der Waals surface area contributed by atoms with Gasteiger partial charge in [0.2, 0.25) is 5.91 Å². The van der Waals surface area contributed by atoms with Gasteiger partial charge in [-0.15, -0.1) is 0 Å². The number of carbonyl (C=O) groups excluding carboxylic acids is 4. The highest BCUT2D eigenvalue weighted by atomic mass is 32.1. The number of ether oxygens (including phenoxy) is 3. The number of urea groups is 1. The van der Waals surface area contributed by atoms with Gasteiger partial charge in [-0.05, 0) is 80.9 Å². The molecule has 4 amide bonds. The Hall–Kier alpha value is -5.02. The third-order valence-corrected chi connectivity index (χ3v) is 7.35. The van der Waals surface area contributed by atoms with Gasteiger partial charge < -0.3 is 35.3 Å². The van der Waals surface area contributed by atoms with E-state index in [0.717, 1.165) is 17.3 Å². The largest absolute Gasteiger partial charge is 0.490 e. The second kappa shape index (κ2) is 14.2. The van der Waals surface area contributed by atoms with E-state index in [2.05, 4.69) is 26.5 Å². The Labute approximate surface area is 264 Å². The SMILES string of the molecule is CCOc1cc([C@@H]2NC(=O)NC(C)=C2C(=O)OC)ccc1OC[C@H](O)N/N=C/[C@H]1C(=O)NC(=S)N(c2ccc(C)c(C)c2)C1=O. The number of amides is 4. The van der Waals surface area contributed by atoms with Crippen LogP contribution in [0.25, 0.3) is 0 Å². The van der Waals surface area contributed by atoms with Crippen molar-refractivity contribution in [2.24, 2.45) is 11.0 Å². The predicted octanol–water partition coefficient (Wildman–Crippen LogP) is 1.84. The van der Waals surface area contributed by atoms with Crippen LogP contribution in [0.5, 0.6) is 11.5 Å². The molecule has 2 aromatic carbocycles. The molecule has 2 aromatic rings. The number of hydrazone groups is 1. The number of anilines is 1. The van der Waals surface area contributed by atoms with Gasteiger partial charge in [-0.25, -0.2) is 9.59 Å². The van der Waals surface area contributed by atoms with Crippen LogP contribution in [-0.2, 0) is 19.1 Å². The topological polar surface area (TPSA) is 180 Å². The molecule has 1 saturated heterocycles. The van der Waals surface area contributed by atoms with Gasteiger partial charge in [0.05, 0.1) is 31.0 Å². The average molecular weight is 639 g/mol. The molecule has 1 fully saturated rings. The number of esters is 1. The minimum absolute atomic E-state index is 0.0365. The van der Waals surface area contributed by atoms with E-state index in [9.17, 15) is 24.3 Å². The van der Waals surface area contributed by atoms with E-state index in [-0.39, 0.29) is 29.6 Å². The Morgan fingerprint density at radius 3 is 2.53 bits per heavy atom. The van der Waals surface area contributed by atoms with Crippen LogP contribution in [0.3, 0.4) is 0 Å². The van der Waals surface area contributed by atoms with Gasteiger partial charge in [0.25, 0.3) is 5.91 Å². The maximum Gasteiger partial charge on any atom is 0.337 e. The van der Waals surface area contributed by atoms with Crippen LogP contribution in [0.1, 0.15) is 36.6 Å². The molecule has 4 rings (SSSR count). The third-order valence-electron chi connectivity index (χ3n) is 7.07. The summed E-state index contributed by atoms with van der Waals surface area (Å²) in [6.45, 7) is 7.20. The summed E-state index contributed by atoms with van der Waals surface area (Å²) in [5, 5.41) is 22.1. The number of aliphatic hydroxyl groups excluding tert-OH is 1. The highest BCUT2D eigenvalue weighted by Gasteiger charge is 2.38.